The van der Waals surface area contributed by atoms with Crippen LogP contribution in [-0.2, 0) is 28.7 Å². The van der Waals surface area contributed by atoms with Gasteiger partial charge in [-0.3, -0.25) is 4.84 Å². The molecule has 0 unspecified atom stereocenters. The average Bonchev–Trinajstić information content (AvgIpc) is 3.34. The number of benzene rings is 2. The molecule has 0 bridgehead atoms. The van der Waals surface area contributed by atoms with Crippen LogP contribution in [0.1, 0.15) is 81.1 Å². The van der Waals surface area contributed by atoms with Crippen LogP contribution in [0.25, 0.3) is 0 Å². The molecule has 1 saturated carbocycles. The second kappa shape index (κ2) is 11.5. The van der Waals surface area contributed by atoms with Gasteiger partial charge in [0.15, 0.2) is 12.4 Å². The smallest absolute Gasteiger partial charge is 0.338 e. The van der Waals surface area contributed by atoms with Crippen LogP contribution in [-0.4, -0.2) is 53.4 Å². The fourth-order valence-electron chi connectivity index (χ4n) is 5.48. The molecule has 0 spiro atoms. The van der Waals surface area contributed by atoms with Crippen molar-refractivity contribution in [3.63, 3.8) is 0 Å². The molecule has 2 aromatic rings. The van der Waals surface area contributed by atoms with E-state index in [9.17, 15) is 9.59 Å². The van der Waals surface area contributed by atoms with Crippen molar-refractivity contribution in [1.29, 1.82) is 0 Å². The number of esters is 2. The van der Waals surface area contributed by atoms with Gasteiger partial charge in [-0.2, -0.15) is 0 Å². The van der Waals surface area contributed by atoms with E-state index in [0.717, 1.165) is 25.7 Å². The molecule has 2 heterocycles. The van der Waals surface area contributed by atoms with Gasteiger partial charge in [-0.05, 0) is 51.3 Å². The summed E-state index contributed by atoms with van der Waals surface area (Å²) >= 11 is 0. The van der Waals surface area contributed by atoms with Crippen molar-refractivity contribution >= 4 is 11.9 Å². The number of rotatable bonds is 6. The van der Waals surface area contributed by atoms with Crippen molar-refractivity contribution in [3.8, 4) is 0 Å². The highest BCUT2D eigenvalue weighted by atomic mass is 17.0. The maximum Gasteiger partial charge on any atom is 0.338 e. The summed E-state index contributed by atoms with van der Waals surface area (Å²) in [4.78, 5) is 37.8. The molecule has 3 aliphatic rings. The van der Waals surface area contributed by atoms with E-state index in [1.54, 1.807) is 24.3 Å². The van der Waals surface area contributed by atoms with Gasteiger partial charge >= 0.3 is 11.9 Å². The van der Waals surface area contributed by atoms with E-state index < -0.39 is 42.1 Å². The lowest BCUT2D eigenvalue weighted by molar-refractivity contribution is -0.447. The molecular weight excluding hydrogens is 486 g/mol. The molecule has 2 aromatic carbocycles. The van der Waals surface area contributed by atoms with Gasteiger partial charge in [0.25, 0.3) is 0 Å². The van der Waals surface area contributed by atoms with Gasteiger partial charge in [0.2, 0.25) is 0 Å². The van der Waals surface area contributed by atoms with Crippen molar-refractivity contribution in [2.45, 2.75) is 101 Å². The predicted octanol–water partition coefficient (Wildman–Crippen LogP) is 5.33. The zero-order chi connectivity index (χ0) is 26.7. The Labute approximate surface area is 224 Å². The molecule has 1 aliphatic carbocycles. The zero-order valence-electron chi connectivity index (χ0n) is 22.3. The number of hydroxylamine groups is 2. The van der Waals surface area contributed by atoms with Crippen molar-refractivity contribution < 1.29 is 33.5 Å². The third kappa shape index (κ3) is 6.43. The maximum atomic E-state index is 13.0. The van der Waals surface area contributed by atoms with E-state index in [4.69, 9.17) is 23.9 Å². The minimum atomic E-state index is -0.859. The van der Waals surface area contributed by atoms with E-state index in [-0.39, 0.29) is 18.4 Å². The molecule has 0 radical (unpaired) electrons. The monoisotopic (exact) mass is 523 g/mol. The van der Waals surface area contributed by atoms with Crippen molar-refractivity contribution in [2.24, 2.45) is 0 Å². The Morgan fingerprint density at radius 2 is 1.55 bits per heavy atom. The number of hydrogen-bond acceptors (Lipinski definition) is 8. The summed E-state index contributed by atoms with van der Waals surface area (Å²) in [5.41, 5.74) is 1.06. The second-order valence-electron chi connectivity index (χ2n) is 11.3. The Balaban J connectivity index is 1.33. The zero-order valence-corrected chi connectivity index (χ0v) is 22.3. The lowest BCUT2D eigenvalue weighted by Crippen LogP contribution is -2.51. The predicted molar refractivity (Wildman–Crippen MR) is 139 cm³/mol. The molecule has 0 amide bonds. The summed E-state index contributed by atoms with van der Waals surface area (Å²) in [5.74, 6) is -0.653. The molecule has 6 atom stereocenters. The molecular formula is C30H37NO7. The van der Waals surface area contributed by atoms with Crippen molar-refractivity contribution in [1.82, 2.24) is 5.23 Å². The average molecular weight is 524 g/mol. The number of carbonyl (C=O) groups excluding carboxylic acids is 2. The largest absolute Gasteiger partial charge is 0.458 e. The molecule has 0 N–H and O–H groups in total. The van der Waals surface area contributed by atoms with Crippen LogP contribution in [0, 0.1) is 0 Å². The highest BCUT2D eigenvalue weighted by molar-refractivity contribution is 5.89. The van der Waals surface area contributed by atoms with Gasteiger partial charge < -0.3 is 14.2 Å². The Bertz CT molecular complexity index is 1090. The van der Waals surface area contributed by atoms with E-state index in [1.807, 2.05) is 32.9 Å². The highest BCUT2D eigenvalue weighted by Crippen LogP contribution is 2.39. The molecule has 8 nitrogen and oxygen atoms in total. The van der Waals surface area contributed by atoms with Gasteiger partial charge in [0, 0.05) is 18.8 Å². The van der Waals surface area contributed by atoms with Crippen molar-refractivity contribution in [3.05, 3.63) is 71.8 Å². The molecule has 3 fully saturated rings. The second-order valence-corrected chi connectivity index (χ2v) is 11.3. The number of carbonyl (C=O) groups is 2. The number of hydrogen-bond donors (Lipinski definition) is 0. The van der Waals surface area contributed by atoms with Crippen LogP contribution >= 0.6 is 0 Å². The number of fused-ring (bicyclic) bond motifs is 1. The first-order valence-corrected chi connectivity index (χ1v) is 13.6. The fourth-order valence-corrected chi connectivity index (χ4v) is 5.48. The van der Waals surface area contributed by atoms with E-state index in [1.165, 1.54) is 10.8 Å². The van der Waals surface area contributed by atoms with E-state index in [0.29, 0.717) is 12.0 Å². The normalized spacial score (nSPS) is 29.9. The standard InChI is InChI=1S/C30H37NO7/c1-30(2,3)36-29(33)26-18-23-25(35-28(32)21-14-8-5-9-15-21)19-27(38-31(23)37-26)34-24-17-11-10-16-22(24)20-12-6-4-7-13-20/h4-9,12-15,22-27H,10-11,16-19H2,1-3H3/t22-,23+,24+,25-,26+,27-/m1/s1. The van der Waals surface area contributed by atoms with Crippen LogP contribution in [0.5, 0.6) is 0 Å². The van der Waals surface area contributed by atoms with Gasteiger partial charge in [-0.25, -0.2) is 14.4 Å². The highest BCUT2D eigenvalue weighted by Gasteiger charge is 2.51. The maximum absolute atomic E-state index is 13.0. The summed E-state index contributed by atoms with van der Waals surface area (Å²) in [5, 5.41) is 1.30. The summed E-state index contributed by atoms with van der Waals surface area (Å²) in [7, 11) is 0. The van der Waals surface area contributed by atoms with Gasteiger partial charge in [-0.1, -0.05) is 66.6 Å². The molecule has 0 aromatic heterocycles. The topological polar surface area (TPSA) is 83.5 Å². The first kappa shape index (κ1) is 26.8. The van der Waals surface area contributed by atoms with Crippen LogP contribution in [0.3, 0.4) is 0 Å². The van der Waals surface area contributed by atoms with Gasteiger partial charge in [-0.15, -0.1) is 0 Å². The quantitative estimate of drug-likeness (QED) is 0.470. The minimum Gasteiger partial charge on any atom is -0.458 e. The molecule has 38 heavy (non-hydrogen) atoms. The molecule has 204 valence electrons. The first-order chi connectivity index (χ1) is 18.3. The van der Waals surface area contributed by atoms with Crippen molar-refractivity contribution in [2.75, 3.05) is 0 Å². The molecule has 2 saturated heterocycles. The van der Waals surface area contributed by atoms with E-state index in [2.05, 4.69) is 24.3 Å². The number of nitrogens with zero attached hydrogens (tertiary/aromatic N) is 1. The Hall–Kier alpha value is -2.78. The fraction of sp³-hybridized carbons (Fsp3) is 0.533. The van der Waals surface area contributed by atoms with E-state index >= 15 is 0 Å². The summed E-state index contributed by atoms with van der Waals surface area (Å²) in [6.45, 7) is 5.43. The SMILES string of the molecule is CC(C)(C)OC(=O)[C@@H]1C[C@H]2[C@H](OC(=O)c3ccccc3)C[C@H](O[C@H]3CCCC[C@@H]3c3ccccc3)ON2O1. The minimum absolute atomic E-state index is 0.0394. The van der Waals surface area contributed by atoms with Crippen LogP contribution in [0.4, 0.5) is 0 Å². The summed E-state index contributed by atoms with van der Waals surface area (Å²) in [6, 6.07) is 18.8. The molecule has 2 aliphatic heterocycles. The van der Waals surface area contributed by atoms with Crippen LogP contribution in [0.15, 0.2) is 60.7 Å². The number of ether oxygens (including phenoxy) is 3. The lowest BCUT2D eigenvalue weighted by Gasteiger charge is -2.41. The van der Waals surface area contributed by atoms with Crippen LogP contribution < -0.4 is 0 Å². The Morgan fingerprint density at radius 1 is 0.868 bits per heavy atom. The van der Waals surface area contributed by atoms with Gasteiger partial charge in [0.05, 0.1) is 11.7 Å². The summed E-state index contributed by atoms with van der Waals surface area (Å²) in [6.07, 6.45) is 2.63. The van der Waals surface area contributed by atoms with Crippen LogP contribution in [0.2, 0.25) is 0 Å². The third-order valence-electron chi connectivity index (χ3n) is 7.23. The third-order valence-corrected chi connectivity index (χ3v) is 7.23. The first-order valence-electron chi connectivity index (χ1n) is 13.6. The summed E-state index contributed by atoms with van der Waals surface area (Å²) < 4.78 is 18.1. The molecule has 8 heteroatoms. The van der Waals surface area contributed by atoms with Gasteiger partial charge in [0.1, 0.15) is 17.7 Å². The Morgan fingerprint density at radius 3 is 2.26 bits per heavy atom. The molecule has 5 rings (SSSR count). The lowest BCUT2D eigenvalue weighted by atomic mass is 9.81. The Kier molecular flexibility index (Phi) is 8.14.